The number of carbonyl (C=O) groups excluding carboxylic acids is 1. The quantitative estimate of drug-likeness (QED) is 0.855. The van der Waals surface area contributed by atoms with Gasteiger partial charge in [0, 0.05) is 4.47 Å². The number of amides is 1. The summed E-state index contributed by atoms with van der Waals surface area (Å²) < 4.78 is 2.04. The van der Waals surface area contributed by atoms with E-state index in [0.29, 0.717) is 10.9 Å². The van der Waals surface area contributed by atoms with Gasteiger partial charge in [0.2, 0.25) is 5.91 Å². The van der Waals surface area contributed by atoms with E-state index in [1.54, 1.807) is 18.2 Å². The Morgan fingerprint density at radius 1 is 1.53 bits per heavy atom. The largest absolute Gasteiger partial charge is 0.344 e. The van der Waals surface area contributed by atoms with E-state index in [1.807, 2.05) is 0 Å². The highest BCUT2D eigenvalue weighted by molar-refractivity contribution is 9.10. The Balaban J connectivity index is 2.35. The third kappa shape index (κ3) is 3.01. The van der Waals surface area contributed by atoms with Gasteiger partial charge < -0.3 is 5.32 Å². The van der Waals surface area contributed by atoms with Crippen LogP contribution in [0.5, 0.6) is 0 Å². The molecule has 0 aliphatic heterocycles. The van der Waals surface area contributed by atoms with Crippen molar-refractivity contribution >= 4 is 32.7 Å². The van der Waals surface area contributed by atoms with E-state index in [4.69, 9.17) is 6.42 Å². The maximum atomic E-state index is 12.2. The molecule has 2 rings (SSSR count). The van der Waals surface area contributed by atoms with Gasteiger partial charge in [-0.1, -0.05) is 21.9 Å². The number of nitrogens with zero attached hydrogens (tertiary/aromatic N) is 2. The molecule has 19 heavy (non-hydrogen) atoms. The van der Waals surface area contributed by atoms with E-state index in [0.717, 1.165) is 4.47 Å². The highest BCUT2D eigenvalue weighted by atomic mass is 79.9. The highest BCUT2D eigenvalue weighted by Crippen LogP contribution is 2.14. The van der Waals surface area contributed by atoms with Crippen molar-refractivity contribution in [2.24, 2.45) is 0 Å². The van der Waals surface area contributed by atoms with E-state index < -0.39 is 0 Å². The van der Waals surface area contributed by atoms with Crippen molar-refractivity contribution in [3.05, 3.63) is 39.4 Å². The number of terminal acetylenes is 1. The van der Waals surface area contributed by atoms with Gasteiger partial charge in [0.15, 0.2) is 0 Å². The fourth-order valence-electron chi connectivity index (χ4n) is 1.60. The van der Waals surface area contributed by atoms with Gasteiger partial charge in [-0.3, -0.25) is 14.2 Å². The predicted octanol–water partition coefficient (Wildman–Crippen LogP) is 0.908. The lowest BCUT2D eigenvalue weighted by Crippen LogP contribution is -2.32. The number of benzene rings is 1. The van der Waals surface area contributed by atoms with Crippen molar-refractivity contribution in [2.75, 3.05) is 6.54 Å². The topological polar surface area (TPSA) is 64.0 Å². The summed E-state index contributed by atoms with van der Waals surface area (Å²) >= 11 is 3.30. The van der Waals surface area contributed by atoms with Crippen molar-refractivity contribution < 1.29 is 4.79 Å². The van der Waals surface area contributed by atoms with Crippen LogP contribution in [0.1, 0.15) is 0 Å². The SMILES string of the molecule is C#CCNC(=O)Cn1cnc2ccc(Br)cc2c1=O. The van der Waals surface area contributed by atoms with Crippen LogP contribution >= 0.6 is 15.9 Å². The molecule has 1 aromatic carbocycles. The molecule has 0 aliphatic rings. The Morgan fingerprint density at radius 2 is 2.32 bits per heavy atom. The van der Waals surface area contributed by atoms with Gasteiger partial charge in [-0.25, -0.2) is 4.98 Å². The summed E-state index contributed by atoms with van der Waals surface area (Å²) in [5.41, 5.74) is 0.329. The maximum absolute atomic E-state index is 12.2. The second kappa shape index (κ2) is 5.67. The molecule has 0 spiro atoms. The average Bonchev–Trinajstić information content (AvgIpc) is 2.40. The minimum Gasteiger partial charge on any atom is -0.344 e. The van der Waals surface area contributed by atoms with E-state index in [9.17, 15) is 9.59 Å². The lowest BCUT2D eigenvalue weighted by molar-refractivity contribution is -0.121. The Hall–Kier alpha value is -2.13. The van der Waals surface area contributed by atoms with Gasteiger partial charge in [-0.2, -0.15) is 0 Å². The fourth-order valence-corrected chi connectivity index (χ4v) is 1.97. The Kier molecular flexibility index (Phi) is 3.97. The lowest BCUT2D eigenvalue weighted by Gasteiger charge is -2.06. The third-order valence-electron chi connectivity index (χ3n) is 2.49. The first-order valence-electron chi connectivity index (χ1n) is 5.46. The van der Waals surface area contributed by atoms with Crippen LogP contribution in [0.4, 0.5) is 0 Å². The smallest absolute Gasteiger partial charge is 0.261 e. The van der Waals surface area contributed by atoms with Gasteiger partial charge >= 0.3 is 0 Å². The number of halogens is 1. The maximum Gasteiger partial charge on any atom is 0.261 e. The van der Waals surface area contributed by atoms with E-state index in [-0.39, 0.29) is 24.6 Å². The molecule has 0 radical (unpaired) electrons. The minimum absolute atomic E-state index is 0.101. The first-order valence-corrected chi connectivity index (χ1v) is 6.26. The molecule has 0 bridgehead atoms. The van der Waals surface area contributed by atoms with E-state index in [2.05, 4.69) is 32.2 Å². The first kappa shape index (κ1) is 13.3. The molecule has 1 heterocycles. The summed E-state index contributed by atoms with van der Waals surface area (Å²) in [6.45, 7) is 0.0378. The molecule has 0 saturated carbocycles. The number of hydrogen-bond acceptors (Lipinski definition) is 3. The van der Waals surface area contributed by atoms with Crippen LogP contribution in [-0.4, -0.2) is 22.0 Å². The van der Waals surface area contributed by atoms with Crippen molar-refractivity contribution in [3.63, 3.8) is 0 Å². The Morgan fingerprint density at radius 3 is 3.05 bits per heavy atom. The van der Waals surface area contributed by atoms with E-state index >= 15 is 0 Å². The molecular formula is C13H10BrN3O2. The first-order chi connectivity index (χ1) is 9.11. The van der Waals surface area contributed by atoms with Crippen LogP contribution in [0.2, 0.25) is 0 Å². The van der Waals surface area contributed by atoms with Crippen LogP contribution in [0.15, 0.2) is 33.8 Å². The van der Waals surface area contributed by atoms with Crippen LogP contribution in [0, 0.1) is 12.3 Å². The predicted molar refractivity (Wildman–Crippen MR) is 75.5 cm³/mol. The molecule has 1 amide bonds. The molecule has 6 heteroatoms. The van der Waals surface area contributed by atoms with Gasteiger partial charge in [0.1, 0.15) is 6.54 Å². The molecule has 0 aliphatic carbocycles. The van der Waals surface area contributed by atoms with Crippen molar-refractivity contribution in [2.45, 2.75) is 6.54 Å². The minimum atomic E-state index is -0.323. The van der Waals surface area contributed by atoms with Crippen LogP contribution in [0.3, 0.4) is 0 Å². The lowest BCUT2D eigenvalue weighted by atomic mass is 10.2. The van der Waals surface area contributed by atoms with Crippen molar-refractivity contribution in [1.29, 1.82) is 0 Å². The second-order valence-electron chi connectivity index (χ2n) is 3.82. The zero-order valence-electron chi connectivity index (χ0n) is 9.89. The van der Waals surface area contributed by atoms with Gasteiger partial charge in [0.25, 0.3) is 5.56 Å². The number of fused-ring (bicyclic) bond motifs is 1. The second-order valence-corrected chi connectivity index (χ2v) is 4.74. The molecule has 2 aromatic rings. The molecule has 0 atom stereocenters. The average molecular weight is 320 g/mol. The standard InChI is InChI=1S/C13H10BrN3O2/c1-2-5-15-12(18)7-17-8-16-11-4-3-9(14)6-10(11)13(17)19/h1,3-4,6,8H,5,7H2,(H,15,18). The van der Waals surface area contributed by atoms with Gasteiger partial charge in [-0.05, 0) is 18.2 Å². The molecule has 1 aromatic heterocycles. The molecule has 0 unspecified atom stereocenters. The Labute approximate surface area is 117 Å². The third-order valence-corrected chi connectivity index (χ3v) is 2.98. The molecule has 5 nitrogen and oxygen atoms in total. The Bertz CT molecular complexity index is 731. The van der Waals surface area contributed by atoms with Crippen molar-refractivity contribution in [3.8, 4) is 12.3 Å². The molecular weight excluding hydrogens is 310 g/mol. The summed E-state index contributed by atoms with van der Waals surface area (Å²) in [5.74, 6) is 1.97. The van der Waals surface area contributed by atoms with Gasteiger partial charge in [0.05, 0.1) is 23.8 Å². The highest BCUT2D eigenvalue weighted by Gasteiger charge is 2.07. The van der Waals surface area contributed by atoms with Crippen LogP contribution < -0.4 is 10.9 Å². The van der Waals surface area contributed by atoms with Gasteiger partial charge in [-0.15, -0.1) is 6.42 Å². The van der Waals surface area contributed by atoms with Crippen molar-refractivity contribution in [1.82, 2.24) is 14.9 Å². The zero-order valence-corrected chi connectivity index (χ0v) is 11.5. The molecule has 96 valence electrons. The summed E-state index contributed by atoms with van der Waals surface area (Å²) in [6.07, 6.45) is 6.40. The number of nitrogens with one attached hydrogen (secondary N) is 1. The summed E-state index contributed by atoms with van der Waals surface area (Å²) in [4.78, 5) is 27.8. The summed E-state index contributed by atoms with van der Waals surface area (Å²) in [5, 5.41) is 2.96. The van der Waals surface area contributed by atoms with Crippen LogP contribution in [-0.2, 0) is 11.3 Å². The molecule has 1 N–H and O–H groups in total. The molecule has 0 saturated heterocycles. The van der Waals surface area contributed by atoms with E-state index in [1.165, 1.54) is 10.9 Å². The number of aromatic nitrogens is 2. The normalized spacial score (nSPS) is 10.1. The zero-order chi connectivity index (χ0) is 13.8. The molecule has 0 fully saturated rings. The fraction of sp³-hybridized carbons (Fsp3) is 0.154. The van der Waals surface area contributed by atoms with Crippen LogP contribution in [0.25, 0.3) is 10.9 Å². The summed E-state index contributed by atoms with van der Waals surface area (Å²) in [7, 11) is 0. The summed E-state index contributed by atoms with van der Waals surface area (Å²) in [6, 6.07) is 5.23. The number of hydrogen-bond donors (Lipinski definition) is 1. The monoisotopic (exact) mass is 319 g/mol. The number of rotatable bonds is 3. The number of carbonyl (C=O) groups is 1.